The molecule has 0 spiro atoms. The van der Waals surface area contributed by atoms with Gasteiger partial charge in [-0.05, 0) is 48.9 Å². The Labute approximate surface area is 158 Å². The molecule has 1 aromatic heterocycles. The third-order valence-corrected chi connectivity index (χ3v) is 7.02. The molecule has 1 aliphatic heterocycles. The summed E-state index contributed by atoms with van der Waals surface area (Å²) in [6.07, 6.45) is 3.90. The average Bonchev–Trinajstić information content (AvgIpc) is 3.15. The van der Waals surface area contributed by atoms with Gasteiger partial charge in [-0.15, -0.1) is 11.8 Å². The first kappa shape index (κ1) is 17.8. The van der Waals surface area contributed by atoms with Crippen molar-refractivity contribution in [3.63, 3.8) is 0 Å². The number of benzene rings is 1. The van der Waals surface area contributed by atoms with E-state index in [0.29, 0.717) is 11.2 Å². The number of thioether (sulfide) groups is 1. The van der Waals surface area contributed by atoms with Crippen molar-refractivity contribution < 1.29 is 9.50 Å². The van der Waals surface area contributed by atoms with E-state index in [1.54, 1.807) is 30.0 Å². The van der Waals surface area contributed by atoms with E-state index in [4.69, 9.17) is 0 Å². The summed E-state index contributed by atoms with van der Waals surface area (Å²) in [6.45, 7) is 5.49. The van der Waals surface area contributed by atoms with Crippen LogP contribution in [0.1, 0.15) is 31.4 Å². The molecule has 1 aliphatic carbocycles. The van der Waals surface area contributed by atoms with Gasteiger partial charge in [0.15, 0.2) is 0 Å². The van der Waals surface area contributed by atoms with Gasteiger partial charge in [-0.3, -0.25) is 4.98 Å². The molecule has 3 nitrogen and oxygen atoms in total. The van der Waals surface area contributed by atoms with Crippen LogP contribution in [0.4, 0.5) is 4.39 Å². The van der Waals surface area contributed by atoms with Gasteiger partial charge < -0.3 is 10.0 Å². The molecule has 1 N–H and O–H groups in total. The standard InChI is InChI=1S/C21H25FN2OS/c1-14(20-7-6-17(25)10-23-20)11-24-12-15-8-18(9-16(15)13-24)26-21-5-3-2-4-19(21)22/h2-7,10,14-16,18,25H,8-9,11-13H2,1H3/t14?,15-,16+,18?. The van der Waals surface area contributed by atoms with Crippen molar-refractivity contribution in [1.82, 2.24) is 9.88 Å². The monoisotopic (exact) mass is 372 g/mol. The minimum Gasteiger partial charge on any atom is -0.506 e. The predicted molar refractivity (Wildman–Crippen MR) is 103 cm³/mol. The molecule has 2 fully saturated rings. The van der Waals surface area contributed by atoms with Gasteiger partial charge in [0.25, 0.3) is 0 Å². The van der Waals surface area contributed by atoms with E-state index in [1.165, 1.54) is 19.0 Å². The van der Waals surface area contributed by atoms with Crippen LogP contribution >= 0.6 is 11.8 Å². The Hall–Kier alpha value is -1.59. The molecule has 4 rings (SSSR count). The van der Waals surface area contributed by atoms with Crippen LogP contribution in [-0.4, -0.2) is 39.9 Å². The quantitative estimate of drug-likeness (QED) is 0.836. The van der Waals surface area contributed by atoms with E-state index >= 15 is 0 Å². The number of pyridine rings is 1. The molecule has 0 radical (unpaired) electrons. The number of halogens is 1. The number of fused-ring (bicyclic) bond motifs is 1. The molecule has 26 heavy (non-hydrogen) atoms. The molecule has 0 bridgehead atoms. The van der Waals surface area contributed by atoms with Gasteiger partial charge in [0, 0.05) is 41.4 Å². The summed E-state index contributed by atoms with van der Waals surface area (Å²) in [6, 6.07) is 10.7. The lowest BCUT2D eigenvalue weighted by molar-refractivity contribution is 0.295. The molecule has 4 atom stereocenters. The highest BCUT2D eigenvalue weighted by atomic mass is 32.2. The van der Waals surface area contributed by atoms with Crippen molar-refractivity contribution in [3.05, 3.63) is 54.1 Å². The minimum atomic E-state index is -0.0913. The van der Waals surface area contributed by atoms with Gasteiger partial charge in [-0.25, -0.2) is 4.39 Å². The summed E-state index contributed by atoms with van der Waals surface area (Å²) in [5, 5.41) is 9.92. The van der Waals surface area contributed by atoms with Gasteiger partial charge in [0.2, 0.25) is 0 Å². The first-order valence-corrected chi connectivity index (χ1v) is 10.2. The van der Waals surface area contributed by atoms with E-state index in [1.807, 2.05) is 18.2 Å². The number of rotatable bonds is 5. The molecule has 0 amide bonds. The second-order valence-electron chi connectivity index (χ2n) is 7.72. The SMILES string of the molecule is CC(CN1C[C@H]2CC(Sc3ccccc3F)C[C@H]2C1)c1ccc(O)cn1. The van der Waals surface area contributed by atoms with Crippen LogP contribution in [0.3, 0.4) is 0 Å². The Morgan fingerprint density at radius 1 is 1.19 bits per heavy atom. The summed E-state index contributed by atoms with van der Waals surface area (Å²) >= 11 is 1.72. The fourth-order valence-electron chi connectivity index (χ4n) is 4.48. The topological polar surface area (TPSA) is 36.4 Å². The maximum Gasteiger partial charge on any atom is 0.136 e. The highest BCUT2D eigenvalue weighted by Crippen LogP contribution is 2.45. The van der Waals surface area contributed by atoms with Gasteiger partial charge in [-0.2, -0.15) is 0 Å². The smallest absolute Gasteiger partial charge is 0.136 e. The lowest BCUT2D eigenvalue weighted by Gasteiger charge is -2.22. The second kappa shape index (κ2) is 7.57. The third kappa shape index (κ3) is 3.89. The summed E-state index contributed by atoms with van der Waals surface area (Å²) in [7, 11) is 0. The molecule has 2 heterocycles. The Bertz CT molecular complexity index is 740. The zero-order valence-corrected chi connectivity index (χ0v) is 15.8. The predicted octanol–water partition coefficient (Wildman–Crippen LogP) is 4.53. The summed E-state index contributed by atoms with van der Waals surface area (Å²) in [4.78, 5) is 7.69. The van der Waals surface area contributed by atoms with E-state index in [0.717, 1.165) is 42.1 Å². The fourth-order valence-corrected chi connectivity index (χ4v) is 5.86. The van der Waals surface area contributed by atoms with Crippen LogP contribution in [-0.2, 0) is 0 Å². The molecule has 1 saturated carbocycles. The molecular formula is C21H25FN2OS. The molecule has 2 aromatic rings. The minimum absolute atomic E-state index is 0.0913. The van der Waals surface area contributed by atoms with Crippen molar-refractivity contribution >= 4 is 11.8 Å². The van der Waals surface area contributed by atoms with Crippen LogP contribution in [0.25, 0.3) is 0 Å². The molecular weight excluding hydrogens is 347 g/mol. The zero-order chi connectivity index (χ0) is 18.1. The largest absolute Gasteiger partial charge is 0.506 e. The van der Waals surface area contributed by atoms with Crippen LogP contribution in [0, 0.1) is 17.7 Å². The number of likely N-dealkylation sites (tertiary alicyclic amines) is 1. The lowest BCUT2D eigenvalue weighted by Crippen LogP contribution is -2.27. The van der Waals surface area contributed by atoms with Gasteiger partial charge in [0.1, 0.15) is 11.6 Å². The first-order chi connectivity index (χ1) is 12.6. The number of nitrogens with zero attached hydrogens (tertiary/aromatic N) is 2. The van der Waals surface area contributed by atoms with Crippen molar-refractivity contribution in [1.29, 1.82) is 0 Å². The molecule has 1 saturated heterocycles. The van der Waals surface area contributed by atoms with Crippen molar-refractivity contribution in [2.75, 3.05) is 19.6 Å². The third-order valence-electron chi connectivity index (χ3n) is 5.72. The highest BCUT2D eigenvalue weighted by molar-refractivity contribution is 8.00. The van der Waals surface area contributed by atoms with Crippen molar-refractivity contribution in [2.45, 2.75) is 35.8 Å². The maximum absolute atomic E-state index is 13.9. The van der Waals surface area contributed by atoms with E-state index in [-0.39, 0.29) is 11.6 Å². The Morgan fingerprint density at radius 3 is 2.58 bits per heavy atom. The molecule has 2 unspecified atom stereocenters. The van der Waals surface area contributed by atoms with Gasteiger partial charge in [-0.1, -0.05) is 19.1 Å². The fraction of sp³-hybridized carbons (Fsp3) is 0.476. The Balaban J connectivity index is 1.29. The van der Waals surface area contributed by atoms with E-state index in [2.05, 4.69) is 16.8 Å². The highest BCUT2D eigenvalue weighted by Gasteiger charge is 2.41. The van der Waals surface area contributed by atoms with Crippen LogP contribution < -0.4 is 0 Å². The van der Waals surface area contributed by atoms with Crippen LogP contribution in [0.5, 0.6) is 5.75 Å². The number of aromatic hydroxyl groups is 1. The van der Waals surface area contributed by atoms with Gasteiger partial charge in [0.05, 0.1) is 6.20 Å². The number of hydrogen-bond acceptors (Lipinski definition) is 4. The summed E-state index contributed by atoms with van der Waals surface area (Å²) in [5.41, 5.74) is 1.04. The van der Waals surface area contributed by atoms with Crippen molar-refractivity contribution in [3.8, 4) is 5.75 Å². The molecule has 5 heteroatoms. The van der Waals surface area contributed by atoms with Crippen molar-refractivity contribution in [2.24, 2.45) is 11.8 Å². The number of aromatic nitrogens is 1. The zero-order valence-electron chi connectivity index (χ0n) is 15.0. The van der Waals surface area contributed by atoms with E-state index < -0.39 is 0 Å². The Morgan fingerprint density at radius 2 is 1.92 bits per heavy atom. The lowest BCUT2D eigenvalue weighted by atomic mass is 10.0. The van der Waals surface area contributed by atoms with Gasteiger partial charge >= 0.3 is 0 Å². The Kier molecular flexibility index (Phi) is 5.18. The first-order valence-electron chi connectivity index (χ1n) is 9.37. The van der Waals surface area contributed by atoms with Crippen LogP contribution in [0.2, 0.25) is 0 Å². The summed E-state index contributed by atoms with van der Waals surface area (Å²) < 4.78 is 13.9. The number of hydrogen-bond donors (Lipinski definition) is 1. The second-order valence-corrected chi connectivity index (χ2v) is 9.06. The maximum atomic E-state index is 13.9. The molecule has 1 aromatic carbocycles. The molecule has 2 aliphatic rings. The van der Waals surface area contributed by atoms with Crippen LogP contribution in [0.15, 0.2) is 47.5 Å². The molecule has 138 valence electrons. The van der Waals surface area contributed by atoms with E-state index in [9.17, 15) is 9.50 Å². The summed E-state index contributed by atoms with van der Waals surface area (Å²) in [5.74, 6) is 1.96. The normalized spacial score (nSPS) is 26.8. The average molecular weight is 373 g/mol.